The van der Waals surface area contributed by atoms with Gasteiger partial charge in [0.05, 0.1) is 25.4 Å². The molecule has 0 amide bonds. The molecule has 0 saturated carbocycles. The summed E-state index contributed by atoms with van der Waals surface area (Å²) in [6.07, 6.45) is 0. The molecule has 28 heavy (non-hydrogen) atoms. The molecule has 0 aliphatic heterocycles. The lowest BCUT2D eigenvalue weighted by Gasteiger charge is -2.08. The van der Waals surface area contributed by atoms with Gasteiger partial charge >= 0.3 is 5.97 Å². The molecule has 0 spiro atoms. The van der Waals surface area contributed by atoms with E-state index in [2.05, 4.69) is 0 Å². The molecule has 5 nitrogen and oxygen atoms in total. The SMILES string of the molecule is O=C(O)c1ccccc1Sc1ccc(Sc2ccc(Cl)c(Cl)c2)c([N+](=O)[O-])c1. The molecule has 3 rings (SSSR count). The minimum absolute atomic E-state index is 0.0751. The first kappa shape index (κ1) is 20.5. The van der Waals surface area contributed by atoms with Crippen molar-refractivity contribution in [3.05, 3.63) is 86.4 Å². The largest absolute Gasteiger partial charge is 0.478 e. The van der Waals surface area contributed by atoms with Crippen LogP contribution in [0.1, 0.15) is 10.4 Å². The summed E-state index contributed by atoms with van der Waals surface area (Å²) in [4.78, 5) is 24.7. The Hall–Kier alpha value is -2.19. The second-order valence-corrected chi connectivity index (χ2v) is 8.51. The average molecular weight is 452 g/mol. The Morgan fingerprint density at radius 3 is 2.21 bits per heavy atom. The zero-order chi connectivity index (χ0) is 20.3. The minimum Gasteiger partial charge on any atom is -0.478 e. The third-order valence-corrected chi connectivity index (χ3v) is 6.45. The van der Waals surface area contributed by atoms with Gasteiger partial charge in [0.25, 0.3) is 5.69 Å². The predicted molar refractivity (Wildman–Crippen MR) is 111 cm³/mol. The molecule has 3 aromatic rings. The van der Waals surface area contributed by atoms with Crippen LogP contribution in [0.25, 0.3) is 0 Å². The number of nitro groups is 1. The zero-order valence-corrected chi connectivity index (χ0v) is 17.1. The summed E-state index contributed by atoms with van der Waals surface area (Å²) in [6.45, 7) is 0. The lowest BCUT2D eigenvalue weighted by Crippen LogP contribution is -1.98. The van der Waals surface area contributed by atoms with Gasteiger partial charge in [-0.2, -0.15) is 0 Å². The lowest BCUT2D eigenvalue weighted by molar-refractivity contribution is -0.387. The maximum atomic E-state index is 11.6. The first-order valence-corrected chi connectivity index (χ1v) is 10.2. The van der Waals surface area contributed by atoms with Crippen molar-refractivity contribution in [2.24, 2.45) is 0 Å². The fourth-order valence-electron chi connectivity index (χ4n) is 2.32. The summed E-state index contributed by atoms with van der Waals surface area (Å²) < 4.78 is 0. The summed E-state index contributed by atoms with van der Waals surface area (Å²) in [6, 6.07) is 16.3. The second-order valence-electron chi connectivity index (χ2n) is 5.47. The summed E-state index contributed by atoms with van der Waals surface area (Å²) >= 11 is 14.3. The Labute approximate surface area is 178 Å². The average Bonchev–Trinajstić information content (AvgIpc) is 2.66. The number of aromatic carboxylic acids is 1. The predicted octanol–water partition coefficient (Wildman–Crippen LogP) is 6.90. The molecule has 0 saturated heterocycles. The number of carboxylic acids is 1. The van der Waals surface area contributed by atoms with Crippen LogP contribution in [0.3, 0.4) is 0 Å². The van der Waals surface area contributed by atoms with E-state index in [1.54, 1.807) is 48.5 Å². The van der Waals surface area contributed by atoms with Crippen LogP contribution in [-0.2, 0) is 0 Å². The van der Waals surface area contributed by atoms with Crippen LogP contribution in [0.15, 0.2) is 80.2 Å². The summed E-state index contributed by atoms with van der Waals surface area (Å²) in [7, 11) is 0. The van der Waals surface area contributed by atoms with E-state index in [4.69, 9.17) is 23.2 Å². The van der Waals surface area contributed by atoms with Crippen molar-refractivity contribution >= 4 is 58.4 Å². The van der Waals surface area contributed by atoms with Crippen molar-refractivity contribution in [2.75, 3.05) is 0 Å². The zero-order valence-electron chi connectivity index (χ0n) is 14.0. The van der Waals surface area contributed by atoms with Gasteiger partial charge < -0.3 is 5.11 Å². The molecule has 0 radical (unpaired) electrons. The number of benzene rings is 3. The number of carboxylic acid groups (broad SMARTS) is 1. The highest BCUT2D eigenvalue weighted by molar-refractivity contribution is 8.00. The van der Waals surface area contributed by atoms with Crippen molar-refractivity contribution in [1.82, 2.24) is 0 Å². The Morgan fingerprint density at radius 2 is 1.54 bits per heavy atom. The molecular formula is C19H11Cl2NO4S2. The van der Waals surface area contributed by atoms with Crippen LogP contribution in [0.4, 0.5) is 5.69 Å². The molecule has 0 atom stereocenters. The summed E-state index contributed by atoms with van der Waals surface area (Å²) in [5.41, 5.74) is 0.0679. The standard InChI is InChI=1S/C19H11Cl2NO4S2/c20-14-7-5-11(9-15(14)21)28-18-8-6-12(10-16(18)22(25)26)27-17-4-2-1-3-13(17)19(23)24/h1-10H,(H,23,24). The third-order valence-electron chi connectivity index (χ3n) is 3.59. The number of nitrogens with zero attached hydrogens (tertiary/aromatic N) is 1. The number of hydrogen-bond donors (Lipinski definition) is 1. The van der Waals surface area contributed by atoms with Crippen LogP contribution in [-0.4, -0.2) is 16.0 Å². The number of hydrogen-bond acceptors (Lipinski definition) is 5. The highest BCUT2D eigenvalue weighted by Crippen LogP contribution is 2.40. The normalized spacial score (nSPS) is 10.6. The van der Waals surface area contributed by atoms with Crippen LogP contribution < -0.4 is 0 Å². The molecule has 0 aromatic heterocycles. The Kier molecular flexibility index (Phi) is 6.51. The maximum absolute atomic E-state index is 11.6. The topological polar surface area (TPSA) is 80.4 Å². The van der Waals surface area contributed by atoms with Gasteiger partial charge in [-0.25, -0.2) is 4.79 Å². The van der Waals surface area contributed by atoms with E-state index in [0.29, 0.717) is 29.6 Å². The van der Waals surface area contributed by atoms with E-state index >= 15 is 0 Å². The number of nitro benzene ring substituents is 1. The van der Waals surface area contributed by atoms with E-state index in [1.165, 1.54) is 23.9 Å². The van der Waals surface area contributed by atoms with Crippen molar-refractivity contribution in [1.29, 1.82) is 0 Å². The van der Waals surface area contributed by atoms with E-state index in [0.717, 1.165) is 11.8 Å². The maximum Gasteiger partial charge on any atom is 0.336 e. The first-order valence-electron chi connectivity index (χ1n) is 7.76. The van der Waals surface area contributed by atoms with Crippen LogP contribution in [0.2, 0.25) is 10.0 Å². The number of carbonyl (C=O) groups is 1. The second kappa shape index (κ2) is 8.87. The Morgan fingerprint density at radius 1 is 0.893 bits per heavy atom. The highest BCUT2D eigenvalue weighted by atomic mass is 35.5. The molecule has 0 unspecified atom stereocenters. The smallest absolute Gasteiger partial charge is 0.336 e. The van der Waals surface area contributed by atoms with Gasteiger partial charge in [0.15, 0.2) is 0 Å². The van der Waals surface area contributed by atoms with Crippen molar-refractivity contribution in [3.63, 3.8) is 0 Å². The lowest BCUT2D eigenvalue weighted by atomic mass is 10.2. The highest BCUT2D eigenvalue weighted by Gasteiger charge is 2.18. The van der Waals surface area contributed by atoms with Gasteiger partial charge in [-0.05, 0) is 42.5 Å². The van der Waals surface area contributed by atoms with Gasteiger partial charge in [-0.3, -0.25) is 10.1 Å². The quantitative estimate of drug-likeness (QED) is 0.324. The van der Waals surface area contributed by atoms with Crippen molar-refractivity contribution in [2.45, 2.75) is 19.6 Å². The number of halogens is 2. The van der Waals surface area contributed by atoms with Crippen LogP contribution in [0, 0.1) is 10.1 Å². The molecule has 0 heterocycles. The van der Waals surface area contributed by atoms with Crippen molar-refractivity contribution in [3.8, 4) is 0 Å². The molecule has 9 heteroatoms. The molecular weight excluding hydrogens is 441 g/mol. The van der Waals surface area contributed by atoms with Gasteiger partial charge in [0, 0.05) is 20.8 Å². The molecule has 3 aromatic carbocycles. The van der Waals surface area contributed by atoms with Gasteiger partial charge in [0.2, 0.25) is 0 Å². The van der Waals surface area contributed by atoms with Gasteiger partial charge in [0.1, 0.15) is 0 Å². The molecule has 0 bridgehead atoms. The summed E-state index contributed by atoms with van der Waals surface area (Å²) in [5, 5.41) is 21.6. The molecule has 0 aliphatic rings. The molecule has 0 fully saturated rings. The fourth-order valence-corrected chi connectivity index (χ4v) is 4.59. The van der Waals surface area contributed by atoms with Crippen LogP contribution in [0.5, 0.6) is 0 Å². The van der Waals surface area contributed by atoms with E-state index < -0.39 is 10.9 Å². The fraction of sp³-hybridized carbons (Fsp3) is 0. The summed E-state index contributed by atoms with van der Waals surface area (Å²) in [5.74, 6) is -1.05. The Balaban J connectivity index is 1.92. The number of rotatable bonds is 6. The molecule has 1 N–H and O–H groups in total. The molecule has 0 aliphatic carbocycles. The van der Waals surface area contributed by atoms with E-state index in [-0.39, 0.29) is 11.3 Å². The minimum atomic E-state index is -1.05. The monoisotopic (exact) mass is 451 g/mol. The van der Waals surface area contributed by atoms with Crippen molar-refractivity contribution < 1.29 is 14.8 Å². The van der Waals surface area contributed by atoms with Crippen LogP contribution >= 0.6 is 46.7 Å². The van der Waals surface area contributed by atoms with Gasteiger partial charge in [-0.15, -0.1) is 0 Å². The Bertz CT molecular complexity index is 1080. The third kappa shape index (κ3) is 4.80. The molecule has 142 valence electrons. The van der Waals surface area contributed by atoms with Gasteiger partial charge in [-0.1, -0.05) is 58.9 Å². The first-order chi connectivity index (χ1) is 13.3. The van der Waals surface area contributed by atoms with E-state index in [9.17, 15) is 20.0 Å². The van der Waals surface area contributed by atoms with E-state index in [1.807, 2.05) is 0 Å².